The van der Waals surface area contributed by atoms with Crippen LogP contribution in [0.15, 0.2) is 30.3 Å². The maximum absolute atomic E-state index is 5.97. The lowest BCUT2D eigenvalue weighted by molar-refractivity contribution is 0.301. The van der Waals surface area contributed by atoms with Crippen LogP contribution in [0, 0.1) is 20.8 Å². The van der Waals surface area contributed by atoms with Gasteiger partial charge < -0.3 is 15.2 Å². The van der Waals surface area contributed by atoms with E-state index in [1.54, 1.807) is 7.11 Å². The Hall–Kier alpha value is -2.16. The van der Waals surface area contributed by atoms with Crippen LogP contribution < -0.4 is 15.2 Å². The first-order chi connectivity index (χ1) is 9.52. The van der Waals surface area contributed by atoms with Crippen LogP contribution in [0.1, 0.15) is 22.3 Å². The Bertz CT molecular complexity index is 621. The summed E-state index contributed by atoms with van der Waals surface area (Å²) in [7, 11) is 1.61. The highest BCUT2D eigenvalue weighted by Gasteiger charge is 2.07. The average Bonchev–Trinajstić information content (AvgIpc) is 2.43. The maximum Gasteiger partial charge on any atom is 0.141 e. The quantitative estimate of drug-likeness (QED) is 0.861. The van der Waals surface area contributed by atoms with Gasteiger partial charge in [-0.1, -0.05) is 18.2 Å². The summed E-state index contributed by atoms with van der Waals surface area (Å²) in [6.07, 6.45) is 0. The lowest BCUT2D eigenvalue weighted by atomic mass is 10.1. The number of hydrogen-bond acceptors (Lipinski definition) is 3. The second kappa shape index (κ2) is 5.87. The molecular weight excluding hydrogens is 250 g/mol. The molecule has 106 valence electrons. The molecule has 0 aliphatic heterocycles. The van der Waals surface area contributed by atoms with E-state index in [9.17, 15) is 0 Å². The monoisotopic (exact) mass is 271 g/mol. The Morgan fingerprint density at radius 1 is 1.00 bits per heavy atom. The van der Waals surface area contributed by atoms with Gasteiger partial charge in [0.15, 0.2) is 0 Å². The Labute approximate surface area is 120 Å². The van der Waals surface area contributed by atoms with E-state index in [0.717, 1.165) is 16.9 Å². The summed E-state index contributed by atoms with van der Waals surface area (Å²) in [6.45, 7) is 6.73. The Balaban J connectivity index is 2.17. The Morgan fingerprint density at radius 3 is 2.35 bits per heavy atom. The average molecular weight is 271 g/mol. The van der Waals surface area contributed by atoms with Gasteiger partial charge in [-0.25, -0.2) is 0 Å². The number of aryl methyl sites for hydroxylation is 2. The number of nitrogens with two attached hydrogens (primary N) is 1. The summed E-state index contributed by atoms with van der Waals surface area (Å²) in [4.78, 5) is 0. The van der Waals surface area contributed by atoms with Crippen molar-refractivity contribution in [1.82, 2.24) is 0 Å². The van der Waals surface area contributed by atoms with E-state index in [1.807, 2.05) is 18.2 Å². The predicted octanol–water partition coefficient (Wildman–Crippen LogP) is 3.78. The lowest BCUT2D eigenvalue weighted by Gasteiger charge is -2.14. The number of methoxy groups -OCH3 is 1. The molecule has 0 atom stereocenters. The minimum atomic E-state index is 0.499. The van der Waals surface area contributed by atoms with Crippen molar-refractivity contribution in [2.45, 2.75) is 27.4 Å². The number of hydrogen-bond donors (Lipinski definition) is 1. The van der Waals surface area contributed by atoms with Crippen molar-refractivity contribution in [2.75, 3.05) is 12.8 Å². The van der Waals surface area contributed by atoms with Crippen molar-refractivity contribution in [2.24, 2.45) is 0 Å². The molecule has 2 rings (SSSR count). The number of ether oxygens (including phenoxy) is 2. The maximum atomic E-state index is 5.97. The predicted molar refractivity (Wildman–Crippen MR) is 82.4 cm³/mol. The normalized spacial score (nSPS) is 10.4. The molecule has 0 saturated heterocycles. The van der Waals surface area contributed by atoms with E-state index in [0.29, 0.717) is 18.0 Å². The molecule has 0 fully saturated rings. The van der Waals surface area contributed by atoms with Gasteiger partial charge in [0, 0.05) is 0 Å². The fourth-order valence-electron chi connectivity index (χ4n) is 2.18. The highest BCUT2D eigenvalue weighted by Crippen LogP contribution is 2.27. The van der Waals surface area contributed by atoms with Crippen molar-refractivity contribution in [3.8, 4) is 11.5 Å². The molecule has 0 amide bonds. The third-order valence-corrected chi connectivity index (χ3v) is 3.55. The molecule has 3 nitrogen and oxygen atoms in total. The van der Waals surface area contributed by atoms with E-state index in [2.05, 4.69) is 32.9 Å². The Morgan fingerprint density at radius 2 is 1.70 bits per heavy atom. The van der Waals surface area contributed by atoms with Crippen LogP contribution in [0.4, 0.5) is 5.69 Å². The van der Waals surface area contributed by atoms with Crippen LogP contribution in [0.3, 0.4) is 0 Å². The van der Waals surface area contributed by atoms with Crippen molar-refractivity contribution >= 4 is 5.69 Å². The third-order valence-electron chi connectivity index (χ3n) is 3.55. The third kappa shape index (κ3) is 2.87. The molecule has 2 aromatic carbocycles. The summed E-state index contributed by atoms with van der Waals surface area (Å²) in [5.74, 6) is 1.65. The van der Waals surface area contributed by atoms with Crippen LogP contribution in [-0.4, -0.2) is 7.11 Å². The van der Waals surface area contributed by atoms with Gasteiger partial charge in [0.2, 0.25) is 0 Å². The largest absolute Gasteiger partial charge is 0.495 e. The highest BCUT2D eigenvalue weighted by atomic mass is 16.5. The van der Waals surface area contributed by atoms with Gasteiger partial charge in [-0.15, -0.1) is 0 Å². The molecule has 0 radical (unpaired) electrons. The van der Waals surface area contributed by atoms with Crippen molar-refractivity contribution in [1.29, 1.82) is 0 Å². The summed E-state index contributed by atoms with van der Waals surface area (Å²) < 4.78 is 11.1. The zero-order valence-corrected chi connectivity index (χ0v) is 12.5. The minimum absolute atomic E-state index is 0.499. The molecule has 0 unspecified atom stereocenters. The van der Waals surface area contributed by atoms with Crippen molar-refractivity contribution in [3.63, 3.8) is 0 Å². The van der Waals surface area contributed by atoms with Crippen LogP contribution >= 0.6 is 0 Å². The first kappa shape index (κ1) is 14.3. The molecule has 3 heteroatoms. The SMILES string of the molecule is COc1ccc(COc2c(C)ccc(C)c2C)cc1N. The number of benzene rings is 2. The molecule has 0 saturated carbocycles. The fraction of sp³-hybridized carbons (Fsp3) is 0.294. The summed E-state index contributed by atoms with van der Waals surface area (Å²) in [5.41, 5.74) is 11.1. The molecule has 0 bridgehead atoms. The van der Waals surface area contributed by atoms with Crippen molar-refractivity contribution in [3.05, 3.63) is 52.6 Å². The summed E-state index contributed by atoms with van der Waals surface area (Å²) >= 11 is 0. The highest BCUT2D eigenvalue weighted by molar-refractivity contribution is 5.54. The van der Waals surface area contributed by atoms with E-state index in [1.165, 1.54) is 11.1 Å². The molecular formula is C17H21NO2. The van der Waals surface area contributed by atoms with E-state index in [4.69, 9.17) is 15.2 Å². The van der Waals surface area contributed by atoms with Gasteiger partial charge in [-0.05, 0) is 55.2 Å². The van der Waals surface area contributed by atoms with Gasteiger partial charge in [0.05, 0.1) is 12.8 Å². The van der Waals surface area contributed by atoms with Gasteiger partial charge in [0.25, 0.3) is 0 Å². The van der Waals surface area contributed by atoms with Gasteiger partial charge in [-0.3, -0.25) is 0 Å². The van der Waals surface area contributed by atoms with E-state index < -0.39 is 0 Å². The molecule has 0 spiro atoms. The number of rotatable bonds is 4. The smallest absolute Gasteiger partial charge is 0.141 e. The summed E-state index contributed by atoms with van der Waals surface area (Å²) in [6, 6.07) is 9.92. The van der Waals surface area contributed by atoms with Gasteiger partial charge in [0.1, 0.15) is 18.1 Å². The van der Waals surface area contributed by atoms with Gasteiger partial charge in [-0.2, -0.15) is 0 Å². The van der Waals surface area contributed by atoms with E-state index >= 15 is 0 Å². The van der Waals surface area contributed by atoms with Crippen molar-refractivity contribution < 1.29 is 9.47 Å². The minimum Gasteiger partial charge on any atom is -0.495 e. The molecule has 0 aromatic heterocycles. The first-order valence-corrected chi connectivity index (χ1v) is 6.65. The molecule has 2 aromatic rings. The molecule has 2 N–H and O–H groups in total. The van der Waals surface area contributed by atoms with Crippen LogP contribution in [0.2, 0.25) is 0 Å². The standard InChI is InChI=1S/C17H21NO2/c1-11-5-6-12(2)17(13(11)3)20-10-14-7-8-16(19-4)15(18)9-14/h5-9H,10,18H2,1-4H3. The first-order valence-electron chi connectivity index (χ1n) is 6.65. The zero-order valence-electron chi connectivity index (χ0n) is 12.5. The Kier molecular flexibility index (Phi) is 4.18. The van der Waals surface area contributed by atoms with Crippen LogP contribution in [0.25, 0.3) is 0 Å². The van der Waals surface area contributed by atoms with Gasteiger partial charge >= 0.3 is 0 Å². The number of nitrogen functional groups attached to an aromatic ring is 1. The van der Waals surface area contributed by atoms with Crippen LogP contribution in [0.5, 0.6) is 11.5 Å². The van der Waals surface area contributed by atoms with E-state index in [-0.39, 0.29) is 0 Å². The molecule has 0 aliphatic rings. The molecule has 0 heterocycles. The zero-order chi connectivity index (χ0) is 14.7. The second-order valence-corrected chi connectivity index (χ2v) is 5.02. The summed E-state index contributed by atoms with van der Waals surface area (Å²) in [5, 5.41) is 0. The molecule has 0 aliphatic carbocycles. The van der Waals surface area contributed by atoms with Crippen LogP contribution in [-0.2, 0) is 6.61 Å². The lowest BCUT2D eigenvalue weighted by Crippen LogP contribution is -2.01. The number of anilines is 1. The fourth-order valence-corrected chi connectivity index (χ4v) is 2.18. The molecule has 20 heavy (non-hydrogen) atoms. The second-order valence-electron chi connectivity index (χ2n) is 5.02. The topological polar surface area (TPSA) is 44.5 Å².